The van der Waals surface area contributed by atoms with Crippen LogP contribution in [0.3, 0.4) is 0 Å². The van der Waals surface area contributed by atoms with E-state index in [1.54, 1.807) is 11.8 Å². The third kappa shape index (κ3) is 5.61. The number of thioether (sulfide) groups is 1. The van der Waals surface area contributed by atoms with Crippen LogP contribution < -0.4 is 10.6 Å². The SMILES string of the molecule is CSc1ccc(CNC(=O)CNC(=O)c2cccc([N+](=O)[O-])c2)cc1. The van der Waals surface area contributed by atoms with Gasteiger partial charge in [0.25, 0.3) is 11.6 Å². The van der Waals surface area contributed by atoms with Gasteiger partial charge in [-0.1, -0.05) is 18.2 Å². The lowest BCUT2D eigenvalue weighted by Crippen LogP contribution is -2.36. The van der Waals surface area contributed by atoms with Crippen LogP contribution in [0, 0.1) is 10.1 Å². The largest absolute Gasteiger partial charge is 0.350 e. The minimum Gasteiger partial charge on any atom is -0.350 e. The first-order valence-corrected chi connectivity index (χ1v) is 8.64. The van der Waals surface area contributed by atoms with Crippen molar-refractivity contribution in [2.24, 2.45) is 0 Å². The summed E-state index contributed by atoms with van der Waals surface area (Å²) in [6, 6.07) is 13.1. The molecule has 7 nitrogen and oxygen atoms in total. The van der Waals surface area contributed by atoms with E-state index in [0.717, 1.165) is 10.5 Å². The van der Waals surface area contributed by atoms with Crippen molar-refractivity contribution in [3.63, 3.8) is 0 Å². The molecule has 0 bridgehead atoms. The second kappa shape index (κ2) is 8.84. The minimum atomic E-state index is -0.578. The fraction of sp³-hybridized carbons (Fsp3) is 0.176. The number of nitrogens with one attached hydrogen (secondary N) is 2. The Hall–Kier alpha value is -2.87. The van der Waals surface area contributed by atoms with E-state index >= 15 is 0 Å². The summed E-state index contributed by atoms with van der Waals surface area (Å²) < 4.78 is 0. The second-order valence-corrected chi connectivity index (χ2v) is 5.99. The molecule has 0 atom stereocenters. The maximum atomic E-state index is 12.0. The summed E-state index contributed by atoms with van der Waals surface area (Å²) in [7, 11) is 0. The minimum absolute atomic E-state index is 0.134. The molecule has 0 spiro atoms. The van der Waals surface area contributed by atoms with E-state index < -0.39 is 10.8 Å². The maximum Gasteiger partial charge on any atom is 0.270 e. The molecule has 2 aromatic carbocycles. The van der Waals surface area contributed by atoms with Crippen LogP contribution in [0.15, 0.2) is 53.4 Å². The number of carbonyl (C=O) groups excluding carboxylic acids is 2. The van der Waals surface area contributed by atoms with Crippen molar-refractivity contribution in [1.29, 1.82) is 0 Å². The first-order chi connectivity index (χ1) is 12.0. The number of nitrogens with zero attached hydrogens (tertiary/aromatic N) is 1. The van der Waals surface area contributed by atoms with Crippen molar-refractivity contribution in [2.45, 2.75) is 11.4 Å². The molecule has 0 saturated heterocycles. The van der Waals surface area contributed by atoms with Crippen molar-refractivity contribution in [1.82, 2.24) is 10.6 Å². The van der Waals surface area contributed by atoms with Gasteiger partial charge >= 0.3 is 0 Å². The lowest BCUT2D eigenvalue weighted by Gasteiger charge is -2.07. The van der Waals surface area contributed by atoms with Gasteiger partial charge in [-0.3, -0.25) is 19.7 Å². The highest BCUT2D eigenvalue weighted by molar-refractivity contribution is 7.98. The van der Waals surface area contributed by atoms with E-state index in [-0.39, 0.29) is 23.7 Å². The zero-order valence-corrected chi connectivity index (χ0v) is 14.3. The highest BCUT2D eigenvalue weighted by atomic mass is 32.2. The van der Waals surface area contributed by atoms with Crippen LogP contribution in [0.4, 0.5) is 5.69 Å². The van der Waals surface area contributed by atoms with Gasteiger partial charge in [0.05, 0.1) is 11.5 Å². The molecule has 0 saturated carbocycles. The van der Waals surface area contributed by atoms with E-state index in [2.05, 4.69) is 10.6 Å². The molecule has 0 aliphatic rings. The Balaban J connectivity index is 1.81. The number of carbonyl (C=O) groups is 2. The van der Waals surface area contributed by atoms with Crippen LogP contribution in [0.5, 0.6) is 0 Å². The summed E-state index contributed by atoms with van der Waals surface area (Å²) in [6.45, 7) is 0.157. The lowest BCUT2D eigenvalue weighted by atomic mass is 10.2. The molecule has 130 valence electrons. The molecule has 25 heavy (non-hydrogen) atoms. The summed E-state index contributed by atoms with van der Waals surface area (Å²) >= 11 is 1.64. The molecule has 0 aliphatic heterocycles. The Morgan fingerprint density at radius 1 is 1.12 bits per heavy atom. The van der Waals surface area contributed by atoms with Crippen molar-refractivity contribution in [3.05, 3.63) is 69.8 Å². The number of non-ortho nitro benzene ring substituents is 1. The van der Waals surface area contributed by atoms with Gasteiger partial charge in [0, 0.05) is 29.1 Å². The van der Waals surface area contributed by atoms with Gasteiger partial charge in [-0.05, 0) is 30.0 Å². The highest BCUT2D eigenvalue weighted by Crippen LogP contribution is 2.15. The fourth-order valence-corrected chi connectivity index (χ4v) is 2.44. The fourth-order valence-electron chi connectivity index (χ4n) is 2.03. The van der Waals surface area contributed by atoms with E-state index in [9.17, 15) is 19.7 Å². The third-order valence-electron chi connectivity index (χ3n) is 3.38. The molecule has 0 aliphatic carbocycles. The molecule has 2 rings (SSSR count). The van der Waals surface area contributed by atoms with Crippen molar-refractivity contribution >= 4 is 29.3 Å². The number of benzene rings is 2. The van der Waals surface area contributed by atoms with Gasteiger partial charge in [-0.25, -0.2) is 0 Å². The average molecular weight is 359 g/mol. The Labute approximate surface area is 149 Å². The molecule has 2 N–H and O–H groups in total. The number of nitro benzene ring substituents is 1. The van der Waals surface area contributed by atoms with Crippen LogP contribution in [-0.2, 0) is 11.3 Å². The van der Waals surface area contributed by atoms with Crippen LogP contribution in [0.25, 0.3) is 0 Å². The second-order valence-electron chi connectivity index (χ2n) is 5.11. The van der Waals surface area contributed by atoms with Gasteiger partial charge in [-0.2, -0.15) is 0 Å². The van der Waals surface area contributed by atoms with Crippen molar-refractivity contribution in [3.8, 4) is 0 Å². The quantitative estimate of drug-likeness (QED) is 0.449. The summed E-state index contributed by atoms with van der Waals surface area (Å²) in [5.74, 6) is -0.879. The number of amides is 2. The predicted octanol–water partition coefficient (Wildman–Crippen LogP) is 2.36. The van der Waals surface area contributed by atoms with Gasteiger partial charge in [0.15, 0.2) is 0 Å². The Morgan fingerprint density at radius 3 is 2.48 bits per heavy atom. The smallest absolute Gasteiger partial charge is 0.270 e. The van der Waals surface area contributed by atoms with Gasteiger partial charge in [0.2, 0.25) is 5.91 Å². The number of hydrogen-bond donors (Lipinski definition) is 2. The molecule has 0 radical (unpaired) electrons. The van der Waals surface area contributed by atoms with Gasteiger partial charge < -0.3 is 10.6 Å². The molecular weight excluding hydrogens is 342 g/mol. The molecule has 2 aromatic rings. The van der Waals surface area contributed by atoms with E-state index in [0.29, 0.717) is 6.54 Å². The van der Waals surface area contributed by atoms with E-state index in [1.165, 1.54) is 24.3 Å². The molecule has 0 aromatic heterocycles. The molecule has 0 heterocycles. The summed E-state index contributed by atoms with van der Waals surface area (Å²) in [6.07, 6.45) is 1.99. The number of rotatable bonds is 7. The Bertz CT molecular complexity index is 778. The zero-order valence-electron chi connectivity index (χ0n) is 13.5. The Kier molecular flexibility index (Phi) is 6.53. The van der Waals surface area contributed by atoms with E-state index in [1.807, 2.05) is 30.5 Å². The summed E-state index contributed by atoms with van der Waals surface area (Å²) in [5, 5.41) is 15.9. The number of nitro groups is 1. The lowest BCUT2D eigenvalue weighted by molar-refractivity contribution is -0.384. The third-order valence-corrected chi connectivity index (χ3v) is 4.12. The summed E-state index contributed by atoms with van der Waals surface area (Å²) in [4.78, 5) is 35.0. The molecule has 0 unspecified atom stereocenters. The average Bonchev–Trinajstić information content (AvgIpc) is 2.64. The van der Waals surface area contributed by atoms with Crippen molar-refractivity contribution < 1.29 is 14.5 Å². The van der Waals surface area contributed by atoms with Crippen molar-refractivity contribution in [2.75, 3.05) is 12.8 Å². The maximum absolute atomic E-state index is 12.0. The van der Waals surface area contributed by atoms with Crippen LogP contribution in [-0.4, -0.2) is 29.5 Å². The first-order valence-electron chi connectivity index (χ1n) is 7.42. The predicted molar refractivity (Wildman–Crippen MR) is 95.5 cm³/mol. The monoisotopic (exact) mass is 359 g/mol. The van der Waals surface area contributed by atoms with Crippen LogP contribution >= 0.6 is 11.8 Å². The highest BCUT2D eigenvalue weighted by Gasteiger charge is 2.12. The normalized spacial score (nSPS) is 10.1. The molecule has 2 amide bonds. The first kappa shape index (κ1) is 18.5. The van der Waals surface area contributed by atoms with Crippen LogP contribution in [0.2, 0.25) is 0 Å². The Morgan fingerprint density at radius 2 is 1.84 bits per heavy atom. The number of hydrogen-bond acceptors (Lipinski definition) is 5. The van der Waals surface area contributed by atoms with Gasteiger partial charge in [-0.15, -0.1) is 11.8 Å². The molecule has 0 fully saturated rings. The van der Waals surface area contributed by atoms with E-state index in [4.69, 9.17) is 0 Å². The summed E-state index contributed by atoms with van der Waals surface area (Å²) in [5.41, 5.74) is 0.914. The van der Waals surface area contributed by atoms with Gasteiger partial charge in [0.1, 0.15) is 0 Å². The molecule has 8 heteroatoms. The zero-order chi connectivity index (χ0) is 18.2. The molecular formula is C17H17N3O4S. The standard InChI is InChI=1S/C17H17N3O4S/c1-25-15-7-5-12(6-8-15)10-18-16(21)11-19-17(22)13-3-2-4-14(9-13)20(23)24/h2-9H,10-11H2,1H3,(H,18,21)(H,19,22). The van der Waals surface area contributed by atoms with Crippen LogP contribution in [0.1, 0.15) is 15.9 Å². The topological polar surface area (TPSA) is 101 Å².